The number of rotatable bonds is 5. The van der Waals surface area contributed by atoms with Crippen LogP contribution in [0.2, 0.25) is 0 Å². The number of halogens is 1. The minimum atomic E-state index is -0.385. The lowest BCUT2D eigenvalue weighted by Crippen LogP contribution is -2.40. The van der Waals surface area contributed by atoms with Gasteiger partial charge in [0, 0.05) is 38.4 Å². The van der Waals surface area contributed by atoms with Gasteiger partial charge in [-0.1, -0.05) is 18.2 Å². The van der Waals surface area contributed by atoms with Crippen LogP contribution in [0.4, 0.5) is 27.7 Å². The summed E-state index contributed by atoms with van der Waals surface area (Å²) in [7, 11) is 0. The van der Waals surface area contributed by atoms with Crippen molar-refractivity contribution in [1.82, 2.24) is 9.97 Å². The largest absolute Gasteiger partial charge is 0.378 e. The number of hydrogen-bond donors (Lipinski definition) is 0. The lowest BCUT2D eigenvalue weighted by atomic mass is 10.2. The van der Waals surface area contributed by atoms with E-state index in [0.717, 1.165) is 5.69 Å². The molecule has 2 fully saturated rings. The van der Waals surface area contributed by atoms with Crippen LogP contribution in [0.25, 0.3) is 0 Å². The van der Waals surface area contributed by atoms with E-state index in [-0.39, 0.29) is 5.82 Å². The highest BCUT2D eigenvalue weighted by Crippen LogP contribution is 2.32. The Labute approximate surface area is 164 Å². The standard InChI is InChI=1S/C20H26FN5O2/c1-2-26(16-6-4-3-5-7-16)19-17(21)18(24-8-12-27-13-9-24)22-20(23-19)25-10-14-28-15-11-25/h3-7H,2,8-15H2,1H3. The van der Waals surface area contributed by atoms with Gasteiger partial charge in [0.05, 0.1) is 26.4 Å². The second-order valence-corrected chi connectivity index (χ2v) is 6.76. The Hall–Kier alpha value is -2.45. The topological polar surface area (TPSA) is 54.0 Å². The summed E-state index contributed by atoms with van der Waals surface area (Å²) in [6.45, 7) is 7.62. The molecule has 0 amide bonds. The second-order valence-electron chi connectivity index (χ2n) is 6.76. The first-order valence-corrected chi connectivity index (χ1v) is 9.83. The monoisotopic (exact) mass is 387 g/mol. The molecule has 3 heterocycles. The molecule has 1 aromatic heterocycles. The van der Waals surface area contributed by atoms with Gasteiger partial charge in [0.1, 0.15) is 0 Å². The van der Waals surface area contributed by atoms with Crippen LogP contribution >= 0.6 is 0 Å². The fourth-order valence-electron chi connectivity index (χ4n) is 3.54. The molecule has 0 saturated carbocycles. The molecule has 2 aliphatic rings. The van der Waals surface area contributed by atoms with Crippen LogP contribution in [-0.4, -0.2) is 69.1 Å². The van der Waals surface area contributed by atoms with Gasteiger partial charge in [-0.3, -0.25) is 0 Å². The Morgan fingerprint density at radius 3 is 2.14 bits per heavy atom. The molecule has 0 radical (unpaired) electrons. The molecule has 0 atom stereocenters. The van der Waals surface area contributed by atoms with Crippen molar-refractivity contribution in [2.45, 2.75) is 6.92 Å². The molecule has 2 aromatic rings. The van der Waals surface area contributed by atoms with Crippen molar-refractivity contribution in [3.63, 3.8) is 0 Å². The van der Waals surface area contributed by atoms with E-state index in [1.54, 1.807) is 0 Å². The predicted octanol–water partition coefficient (Wildman–Crippen LogP) is 2.45. The van der Waals surface area contributed by atoms with Crippen LogP contribution in [0.3, 0.4) is 0 Å². The number of para-hydroxylation sites is 1. The molecule has 28 heavy (non-hydrogen) atoms. The van der Waals surface area contributed by atoms with Crippen molar-refractivity contribution >= 4 is 23.3 Å². The summed E-state index contributed by atoms with van der Waals surface area (Å²) in [6, 6.07) is 9.78. The average molecular weight is 387 g/mol. The molecular weight excluding hydrogens is 361 g/mol. The van der Waals surface area contributed by atoms with E-state index in [1.807, 2.05) is 47.1 Å². The zero-order valence-corrected chi connectivity index (χ0v) is 16.2. The maximum atomic E-state index is 15.6. The Bertz CT molecular complexity index is 780. The summed E-state index contributed by atoms with van der Waals surface area (Å²) >= 11 is 0. The van der Waals surface area contributed by atoms with Crippen molar-refractivity contribution in [2.24, 2.45) is 0 Å². The fourth-order valence-corrected chi connectivity index (χ4v) is 3.54. The zero-order valence-electron chi connectivity index (χ0n) is 16.2. The van der Waals surface area contributed by atoms with Crippen LogP contribution in [0, 0.1) is 5.82 Å². The van der Waals surface area contributed by atoms with Crippen LogP contribution in [0.5, 0.6) is 0 Å². The first-order chi connectivity index (χ1) is 13.8. The van der Waals surface area contributed by atoms with E-state index < -0.39 is 0 Å². The number of ether oxygens (including phenoxy) is 2. The summed E-state index contributed by atoms with van der Waals surface area (Å²) in [6.07, 6.45) is 0. The number of morpholine rings is 2. The Morgan fingerprint density at radius 1 is 0.929 bits per heavy atom. The van der Waals surface area contributed by atoms with Gasteiger partial charge in [0.15, 0.2) is 11.6 Å². The first-order valence-electron chi connectivity index (χ1n) is 9.83. The van der Waals surface area contributed by atoms with Gasteiger partial charge < -0.3 is 24.2 Å². The molecule has 4 rings (SSSR count). The Balaban J connectivity index is 1.78. The van der Waals surface area contributed by atoms with E-state index in [1.165, 1.54) is 0 Å². The third kappa shape index (κ3) is 3.88. The molecule has 0 spiro atoms. The smallest absolute Gasteiger partial charge is 0.229 e. The SMILES string of the molecule is CCN(c1ccccc1)c1nc(N2CCOCC2)nc(N2CCOCC2)c1F. The third-order valence-electron chi connectivity index (χ3n) is 5.05. The lowest BCUT2D eigenvalue weighted by molar-refractivity contribution is 0.121. The van der Waals surface area contributed by atoms with E-state index in [0.29, 0.717) is 76.7 Å². The van der Waals surface area contributed by atoms with E-state index in [4.69, 9.17) is 9.47 Å². The first kappa shape index (κ1) is 18.9. The molecule has 150 valence electrons. The van der Waals surface area contributed by atoms with Crippen LogP contribution in [0.15, 0.2) is 30.3 Å². The van der Waals surface area contributed by atoms with Crippen LogP contribution in [0.1, 0.15) is 6.92 Å². The quantitative estimate of drug-likeness (QED) is 0.781. The predicted molar refractivity (Wildman–Crippen MR) is 107 cm³/mol. The number of anilines is 4. The molecule has 8 heteroatoms. The molecule has 1 aromatic carbocycles. The molecule has 7 nitrogen and oxygen atoms in total. The fraction of sp³-hybridized carbons (Fsp3) is 0.500. The van der Waals surface area contributed by atoms with Crippen LogP contribution in [-0.2, 0) is 9.47 Å². The minimum Gasteiger partial charge on any atom is -0.378 e. The zero-order chi connectivity index (χ0) is 19.3. The average Bonchev–Trinajstić information content (AvgIpc) is 2.77. The van der Waals surface area contributed by atoms with Crippen molar-refractivity contribution in [1.29, 1.82) is 0 Å². The van der Waals surface area contributed by atoms with Crippen molar-refractivity contribution in [3.8, 4) is 0 Å². The maximum Gasteiger partial charge on any atom is 0.229 e. The molecular formula is C20H26FN5O2. The highest BCUT2D eigenvalue weighted by molar-refractivity contribution is 5.66. The van der Waals surface area contributed by atoms with Gasteiger partial charge in [-0.05, 0) is 19.1 Å². The number of nitrogens with zero attached hydrogens (tertiary/aromatic N) is 5. The highest BCUT2D eigenvalue weighted by Gasteiger charge is 2.27. The van der Waals surface area contributed by atoms with Crippen molar-refractivity contribution in [3.05, 3.63) is 36.1 Å². The second kappa shape index (κ2) is 8.70. The summed E-state index contributed by atoms with van der Waals surface area (Å²) < 4.78 is 26.5. The summed E-state index contributed by atoms with van der Waals surface area (Å²) in [5.74, 6) is 0.830. The van der Waals surface area contributed by atoms with Gasteiger partial charge in [-0.25, -0.2) is 0 Å². The highest BCUT2D eigenvalue weighted by atomic mass is 19.1. The van der Waals surface area contributed by atoms with E-state index >= 15 is 4.39 Å². The van der Waals surface area contributed by atoms with E-state index in [2.05, 4.69) is 14.9 Å². The molecule has 2 saturated heterocycles. The summed E-state index contributed by atoms with van der Waals surface area (Å²) in [5, 5.41) is 0. The van der Waals surface area contributed by atoms with E-state index in [9.17, 15) is 0 Å². The summed E-state index contributed by atoms with van der Waals surface area (Å²) in [5.41, 5.74) is 0.906. The van der Waals surface area contributed by atoms with Gasteiger partial charge in [0.2, 0.25) is 11.8 Å². The maximum absolute atomic E-state index is 15.6. The third-order valence-corrected chi connectivity index (χ3v) is 5.05. The van der Waals surface area contributed by atoms with Crippen molar-refractivity contribution in [2.75, 3.05) is 73.9 Å². The van der Waals surface area contributed by atoms with Gasteiger partial charge in [-0.15, -0.1) is 0 Å². The molecule has 0 N–H and O–H groups in total. The van der Waals surface area contributed by atoms with Crippen molar-refractivity contribution < 1.29 is 13.9 Å². The number of hydrogen-bond acceptors (Lipinski definition) is 7. The number of benzene rings is 1. The molecule has 0 bridgehead atoms. The Morgan fingerprint density at radius 2 is 1.54 bits per heavy atom. The minimum absolute atomic E-state index is 0.312. The van der Waals surface area contributed by atoms with Gasteiger partial charge in [-0.2, -0.15) is 14.4 Å². The molecule has 0 unspecified atom stereocenters. The number of aromatic nitrogens is 2. The normalized spacial score (nSPS) is 17.6. The Kier molecular flexibility index (Phi) is 5.87. The molecule has 2 aliphatic heterocycles. The molecule has 0 aliphatic carbocycles. The van der Waals surface area contributed by atoms with Gasteiger partial charge >= 0.3 is 0 Å². The van der Waals surface area contributed by atoms with Crippen LogP contribution < -0.4 is 14.7 Å². The summed E-state index contributed by atoms with van der Waals surface area (Å²) in [4.78, 5) is 15.2. The lowest BCUT2D eigenvalue weighted by Gasteiger charge is -2.33. The van der Waals surface area contributed by atoms with Gasteiger partial charge in [0.25, 0.3) is 0 Å².